The molecule has 1 aliphatic carbocycles. The summed E-state index contributed by atoms with van der Waals surface area (Å²) in [6.07, 6.45) is 6.58. The average Bonchev–Trinajstić information content (AvgIpc) is 3.09. The number of aliphatic imine (C=N–C) groups is 1. The molecule has 3 N–H and O–H groups in total. The van der Waals surface area contributed by atoms with E-state index in [1.807, 2.05) is 18.4 Å². The predicted molar refractivity (Wildman–Crippen MR) is 123 cm³/mol. The Bertz CT molecular complexity index is 617. The van der Waals surface area contributed by atoms with Crippen molar-refractivity contribution in [3.05, 3.63) is 12.2 Å². The third kappa shape index (κ3) is 7.92. The number of nitrogens with zero attached hydrogens (tertiary/aromatic N) is 4. The molecule has 0 aliphatic heterocycles. The van der Waals surface area contributed by atoms with E-state index in [9.17, 15) is 4.79 Å². The van der Waals surface area contributed by atoms with E-state index in [0.717, 1.165) is 57.0 Å². The van der Waals surface area contributed by atoms with E-state index in [1.165, 1.54) is 0 Å². The van der Waals surface area contributed by atoms with Crippen LogP contribution in [0.2, 0.25) is 0 Å². The zero-order valence-electron chi connectivity index (χ0n) is 17.6. The van der Waals surface area contributed by atoms with Gasteiger partial charge in [-0.05, 0) is 40.0 Å². The van der Waals surface area contributed by atoms with Crippen molar-refractivity contribution in [3.8, 4) is 0 Å². The van der Waals surface area contributed by atoms with Crippen LogP contribution in [0.5, 0.6) is 0 Å². The van der Waals surface area contributed by atoms with Crippen LogP contribution in [-0.4, -0.2) is 51.8 Å². The Morgan fingerprint density at radius 1 is 1.36 bits per heavy atom. The monoisotopic (exact) mass is 505 g/mol. The van der Waals surface area contributed by atoms with Gasteiger partial charge in [-0.25, -0.2) is 0 Å². The lowest BCUT2D eigenvalue weighted by Gasteiger charge is -2.30. The first kappa shape index (κ1) is 24.6. The number of nitrogens with one attached hydrogen (secondary N) is 3. The van der Waals surface area contributed by atoms with Crippen LogP contribution in [0.3, 0.4) is 0 Å². The van der Waals surface area contributed by atoms with Gasteiger partial charge in [0.1, 0.15) is 12.2 Å². The minimum Gasteiger partial charge on any atom is -0.357 e. The van der Waals surface area contributed by atoms with Crippen LogP contribution in [0.1, 0.15) is 59.2 Å². The number of rotatable bonds is 8. The third-order valence-electron chi connectivity index (χ3n) is 4.78. The maximum absolute atomic E-state index is 12.3. The van der Waals surface area contributed by atoms with E-state index in [-0.39, 0.29) is 47.9 Å². The topological polar surface area (TPSA) is 96.2 Å². The van der Waals surface area contributed by atoms with E-state index in [1.54, 1.807) is 6.33 Å². The lowest BCUT2D eigenvalue weighted by atomic mass is 9.85. The van der Waals surface area contributed by atoms with Crippen LogP contribution < -0.4 is 16.0 Å². The van der Waals surface area contributed by atoms with Gasteiger partial charge in [-0.15, -0.1) is 34.2 Å². The Morgan fingerprint density at radius 2 is 2.14 bits per heavy atom. The number of aryl methyl sites for hydroxylation is 1. The number of carbonyl (C=O) groups is 1. The van der Waals surface area contributed by atoms with E-state index >= 15 is 0 Å². The molecule has 1 fully saturated rings. The fourth-order valence-electron chi connectivity index (χ4n) is 3.48. The van der Waals surface area contributed by atoms with E-state index in [0.29, 0.717) is 6.54 Å². The minimum atomic E-state index is 0. The summed E-state index contributed by atoms with van der Waals surface area (Å²) >= 11 is 0. The van der Waals surface area contributed by atoms with Crippen LogP contribution in [0.25, 0.3) is 0 Å². The van der Waals surface area contributed by atoms with Gasteiger partial charge in [0.2, 0.25) is 5.91 Å². The first-order chi connectivity index (χ1) is 13.0. The van der Waals surface area contributed by atoms with Crippen LogP contribution in [-0.2, 0) is 17.8 Å². The Kier molecular flexibility index (Phi) is 11.4. The molecule has 9 heteroatoms. The van der Waals surface area contributed by atoms with Gasteiger partial charge in [-0.1, -0.05) is 13.3 Å². The second-order valence-electron chi connectivity index (χ2n) is 7.42. The fraction of sp³-hybridized carbons (Fsp3) is 0.789. The van der Waals surface area contributed by atoms with Gasteiger partial charge in [-0.3, -0.25) is 9.79 Å². The number of carbonyl (C=O) groups excluding carboxylic acids is 1. The molecule has 0 radical (unpaired) electrons. The van der Waals surface area contributed by atoms with Crippen LogP contribution in [0, 0.1) is 5.92 Å². The van der Waals surface area contributed by atoms with E-state index in [2.05, 4.69) is 40.0 Å². The molecule has 160 valence electrons. The molecule has 1 aromatic heterocycles. The molecule has 1 heterocycles. The molecule has 0 spiro atoms. The van der Waals surface area contributed by atoms with Gasteiger partial charge in [-0.2, -0.15) is 0 Å². The molecule has 0 bridgehead atoms. The second-order valence-corrected chi connectivity index (χ2v) is 7.42. The normalized spacial score (nSPS) is 19.8. The Hall–Kier alpha value is -1.39. The van der Waals surface area contributed by atoms with Crippen molar-refractivity contribution in [1.29, 1.82) is 0 Å². The SMILES string of the molecule is CCNC(=NCCn1cnnc1CC)NC1CCCC(C(=O)NC(C)C)C1.I. The van der Waals surface area contributed by atoms with Gasteiger partial charge < -0.3 is 20.5 Å². The molecule has 1 aromatic rings. The fourth-order valence-corrected chi connectivity index (χ4v) is 3.48. The lowest BCUT2D eigenvalue weighted by molar-refractivity contribution is -0.126. The molecule has 2 atom stereocenters. The number of guanidine groups is 1. The lowest BCUT2D eigenvalue weighted by Crippen LogP contribution is -2.47. The van der Waals surface area contributed by atoms with Gasteiger partial charge in [0.05, 0.1) is 6.54 Å². The Morgan fingerprint density at radius 3 is 2.82 bits per heavy atom. The highest BCUT2D eigenvalue weighted by molar-refractivity contribution is 14.0. The van der Waals surface area contributed by atoms with Crippen molar-refractivity contribution in [1.82, 2.24) is 30.7 Å². The zero-order valence-corrected chi connectivity index (χ0v) is 19.9. The van der Waals surface area contributed by atoms with Crippen LogP contribution in [0.15, 0.2) is 11.3 Å². The maximum Gasteiger partial charge on any atom is 0.223 e. The first-order valence-electron chi connectivity index (χ1n) is 10.2. The maximum atomic E-state index is 12.3. The van der Waals surface area contributed by atoms with Crippen LogP contribution in [0.4, 0.5) is 0 Å². The molecule has 0 saturated heterocycles. The summed E-state index contributed by atoms with van der Waals surface area (Å²) in [7, 11) is 0. The van der Waals surface area contributed by atoms with E-state index < -0.39 is 0 Å². The Labute approximate surface area is 185 Å². The van der Waals surface area contributed by atoms with Crippen molar-refractivity contribution in [3.63, 3.8) is 0 Å². The second kappa shape index (κ2) is 12.9. The van der Waals surface area contributed by atoms with E-state index in [4.69, 9.17) is 4.99 Å². The average molecular weight is 505 g/mol. The molecule has 8 nitrogen and oxygen atoms in total. The standard InChI is InChI=1S/C19H35N7O.HI/c1-5-17-25-22-13-26(17)11-10-21-19(20-6-2)24-16-9-7-8-15(12-16)18(27)23-14(3)4;/h13-16H,5-12H2,1-4H3,(H,23,27)(H2,20,21,24);1H. The van der Waals surface area contributed by atoms with Crippen molar-refractivity contribution in [2.75, 3.05) is 13.1 Å². The summed E-state index contributed by atoms with van der Waals surface area (Å²) in [5.41, 5.74) is 0. The highest BCUT2D eigenvalue weighted by Crippen LogP contribution is 2.24. The molecule has 1 aliphatic rings. The summed E-state index contributed by atoms with van der Waals surface area (Å²) < 4.78 is 2.04. The summed E-state index contributed by atoms with van der Waals surface area (Å²) in [5, 5.41) is 17.9. The molecule has 1 amide bonds. The zero-order chi connectivity index (χ0) is 19.6. The number of halogens is 1. The number of amides is 1. The first-order valence-corrected chi connectivity index (χ1v) is 10.2. The van der Waals surface area contributed by atoms with Gasteiger partial charge in [0.25, 0.3) is 0 Å². The van der Waals surface area contributed by atoms with Crippen molar-refractivity contribution >= 4 is 35.8 Å². The number of hydrogen-bond acceptors (Lipinski definition) is 4. The highest BCUT2D eigenvalue weighted by atomic mass is 127. The molecule has 1 saturated carbocycles. The largest absolute Gasteiger partial charge is 0.357 e. The summed E-state index contributed by atoms with van der Waals surface area (Å²) in [6, 6.07) is 0.468. The Balaban J connectivity index is 0.00000392. The minimum absolute atomic E-state index is 0. The van der Waals surface area contributed by atoms with Crippen molar-refractivity contribution < 1.29 is 4.79 Å². The van der Waals surface area contributed by atoms with Gasteiger partial charge in [0, 0.05) is 37.5 Å². The summed E-state index contributed by atoms with van der Waals surface area (Å²) in [6.45, 7) is 10.4. The predicted octanol–water partition coefficient (Wildman–Crippen LogP) is 2.10. The molecular formula is C19H36IN7O. The van der Waals surface area contributed by atoms with Crippen LogP contribution >= 0.6 is 24.0 Å². The molecule has 2 unspecified atom stereocenters. The smallest absolute Gasteiger partial charge is 0.223 e. The van der Waals surface area contributed by atoms with Gasteiger partial charge >= 0.3 is 0 Å². The number of hydrogen-bond donors (Lipinski definition) is 3. The highest BCUT2D eigenvalue weighted by Gasteiger charge is 2.27. The molecule has 0 aromatic carbocycles. The van der Waals surface area contributed by atoms with Crippen molar-refractivity contribution in [2.24, 2.45) is 10.9 Å². The summed E-state index contributed by atoms with van der Waals surface area (Å²) in [4.78, 5) is 17.0. The third-order valence-corrected chi connectivity index (χ3v) is 4.78. The number of aromatic nitrogens is 3. The van der Waals surface area contributed by atoms with Crippen molar-refractivity contribution in [2.45, 2.75) is 78.4 Å². The molecule has 2 rings (SSSR count). The molecule has 28 heavy (non-hydrogen) atoms. The molecular weight excluding hydrogens is 469 g/mol. The summed E-state index contributed by atoms with van der Waals surface area (Å²) in [5.74, 6) is 2.07. The van der Waals surface area contributed by atoms with Gasteiger partial charge in [0.15, 0.2) is 5.96 Å². The quantitative estimate of drug-likeness (QED) is 0.286.